The first-order valence-corrected chi connectivity index (χ1v) is 6.08. The summed E-state index contributed by atoms with van der Waals surface area (Å²) >= 11 is 0. The van der Waals surface area contributed by atoms with Crippen LogP contribution < -0.4 is 10.1 Å². The van der Waals surface area contributed by atoms with Crippen molar-refractivity contribution in [3.8, 4) is 5.75 Å². The third-order valence-electron chi connectivity index (χ3n) is 2.73. The number of halogens is 2. The van der Waals surface area contributed by atoms with Crippen LogP contribution in [0.4, 0.5) is 20.2 Å². The standard InChI is InChI=1S/C15H15F2NO/c1-2-11-3-5-12(6-4-11)18-13-7-9-14(10-8-13)19-15(16)17/h3-10,15,18H,2H2,1H3. The Hall–Kier alpha value is -2.10. The molecular weight excluding hydrogens is 248 g/mol. The van der Waals surface area contributed by atoms with Crippen LogP contribution in [-0.4, -0.2) is 6.61 Å². The van der Waals surface area contributed by atoms with Crippen molar-refractivity contribution in [2.45, 2.75) is 20.0 Å². The minimum absolute atomic E-state index is 0.155. The average Bonchev–Trinajstić information content (AvgIpc) is 2.41. The monoisotopic (exact) mass is 263 g/mol. The number of alkyl halides is 2. The highest BCUT2D eigenvalue weighted by Gasteiger charge is 2.03. The number of benzene rings is 2. The second-order valence-corrected chi connectivity index (χ2v) is 4.08. The zero-order valence-corrected chi connectivity index (χ0v) is 10.6. The molecule has 19 heavy (non-hydrogen) atoms. The first kappa shape index (κ1) is 13.3. The van der Waals surface area contributed by atoms with Crippen molar-refractivity contribution in [1.29, 1.82) is 0 Å². The molecule has 0 saturated heterocycles. The molecule has 0 heterocycles. The maximum absolute atomic E-state index is 12.0. The number of ether oxygens (including phenoxy) is 1. The molecule has 0 aliphatic carbocycles. The van der Waals surface area contributed by atoms with E-state index in [0.717, 1.165) is 17.8 Å². The van der Waals surface area contributed by atoms with Gasteiger partial charge >= 0.3 is 6.61 Å². The van der Waals surface area contributed by atoms with Gasteiger partial charge in [0, 0.05) is 11.4 Å². The van der Waals surface area contributed by atoms with E-state index in [2.05, 4.69) is 29.1 Å². The van der Waals surface area contributed by atoms with Gasteiger partial charge in [-0.15, -0.1) is 0 Å². The molecule has 2 nitrogen and oxygen atoms in total. The molecule has 2 aromatic carbocycles. The molecule has 0 bridgehead atoms. The van der Waals surface area contributed by atoms with Gasteiger partial charge in [-0.2, -0.15) is 8.78 Å². The Bertz CT molecular complexity index is 509. The number of nitrogens with one attached hydrogen (secondary N) is 1. The van der Waals surface area contributed by atoms with E-state index in [1.165, 1.54) is 17.7 Å². The molecule has 0 spiro atoms. The fraction of sp³-hybridized carbons (Fsp3) is 0.200. The molecule has 100 valence electrons. The van der Waals surface area contributed by atoms with E-state index in [1.807, 2.05) is 12.1 Å². The molecule has 4 heteroatoms. The summed E-state index contributed by atoms with van der Waals surface area (Å²) in [6.45, 7) is -0.690. The van der Waals surface area contributed by atoms with Gasteiger partial charge in [-0.3, -0.25) is 0 Å². The van der Waals surface area contributed by atoms with Crippen LogP contribution in [0.25, 0.3) is 0 Å². The van der Waals surface area contributed by atoms with Gasteiger partial charge in [0.25, 0.3) is 0 Å². The molecule has 1 N–H and O–H groups in total. The van der Waals surface area contributed by atoms with Crippen molar-refractivity contribution in [1.82, 2.24) is 0 Å². The minimum atomic E-state index is -2.79. The molecule has 2 rings (SSSR count). The number of rotatable bonds is 5. The van der Waals surface area contributed by atoms with Crippen molar-refractivity contribution in [3.05, 3.63) is 54.1 Å². The van der Waals surface area contributed by atoms with Gasteiger partial charge in [0.15, 0.2) is 0 Å². The first-order chi connectivity index (χ1) is 9.17. The highest BCUT2D eigenvalue weighted by atomic mass is 19.3. The number of hydrogen-bond acceptors (Lipinski definition) is 2. The summed E-state index contributed by atoms with van der Waals surface area (Å²) in [7, 11) is 0. The zero-order chi connectivity index (χ0) is 13.7. The Balaban J connectivity index is 2.02. The topological polar surface area (TPSA) is 21.3 Å². The van der Waals surface area contributed by atoms with E-state index in [9.17, 15) is 8.78 Å². The van der Waals surface area contributed by atoms with Gasteiger partial charge in [-0.25, -0.2) is 0 Å². The summed E-state index contributed by atoms with van der Waals surface area (Å²) < 4.78 is 28.3. The van der Waals surface area contributed by atoms with Crippen LogP contribution in [0.1, 0.15) is 12.5 Å². The molecule has 0 unspecified atom stereocenters. The molecule has 0 atom stereocenters. The molecule has 0 aromatic heterocycles. The van der Waals surface area contributed by atoms with E-state index in [4.69, 9.17) is 0 Å². The minimum Gasteiger partial charge on any atom is -0.435 e. The number of aryl methyl sites for hydroxylation is 1. The van der Waals surface area contributed by atoms with E-state index in [1.54, 1.807) is 12.1 Å². The van der Waals surface area contributed by atoms with Gasteiger partial charge in [0.1, 0.15) is 5.75 Å². The summed E-state index contributed by atoms with van der Waals surface area (Å²) in [6, 6.07) is 14.5. The Labute approximate surface area is 111 Å². The number of anilines is 2. The van der Waals surface area contributed by atoms with Gasteiger partial charge in [0.05, 0.1) is 0 Å². The molecule has 0 aliphatic heterocycles. The van der Waals surface area contributed by atoms with Crippen molar-refractivity contribution < 1.29 is 13.5 Å². The van der Waals surface area contributed by atoms with Crippen LogP contribution in [0.5, 0.6) is 5.75 Å². The predicted molar refractivity (Wildman–Crippen MR) is 72.2 cm³/mol. The van der Waals surface area contributed by atoms with Crippen LogP contribution >= 0.6 is 0 Å². The lowest BCUT2D eigenvalue weighted by Crippen LogP contribution is -2.01. The van der Waals surface area contributed by atoms with Crippen LogP contribution in [0, 0.1) is 0 Å². The highest BCUT2D eigenvalue weighted by Crippen LogP contribution is 2.21. The second-order valence-electron chi connectivity index (χ2n) is 4.08. The Kier molecular flexibility index (Phi) is 4.34. The third-order valence-corrected chi connectivity index (χ3v) is 2.73. The summed E-state index contributed by atoms with van der Waals surface area (Å²) in [5.74, 6) is 0.155. The molecule has 0 aliphatic rings. The maximum atomic E-state index is 12.0. The Morgan fingerprint density at radius 1 is 0.947 bits per heavy atom. The Morgan fingerprint density at radius 2 is 1.47 bits per heavy atom. The lowest BCUT2D eigenvalue weighted by molar-refractivity contribution is -0.0498. The molecule has 0 radical (unpaired) electrons. The van der Waals surface area contributed by atoms with Crippen molar-refractivity contribution in [3.63, 3.8) is 0 Å². The molecular formula is C15H15F2NO. The molecule has 2 aromatic rings. The highest BCUT2D eigenvalue weighted by molar-refractivity contribution is 5.60. The van der Waals surface area contributed by atoms with Gasteiger partial charge in [-0.1, -0.05) is 19.1 Å². The van der Waals surface area contributed by atoms with Crippen molar-refractivity contribution in [2.24, 2.45) is 0 Å². The second kappa shape index (κ2) is 6.18. The van der Waals surface area contributed by atoms with Gasteiger partial charge in [0.2, 0.25) is 0 Å². The van der Waals surface area contributed by atoms with Crippen molar-refractivity contribution in [2.75, 3.05) is 5.32 Å². The fourth-order valence-electron chi connectivity index (χ4n) is 1.71. The van der Waals surface area contributed by atoms with Crippen molar-refractivity contribution >= 4 is 11.4 Å². The number of hydrogen-bond donors (Lipinski definition) is 1. The molecule has 0 amide bonds. The first-order valence-electron chi connectivity index (χ1n) is 6.08. The van der Waals surface area contributed by atoms with Gasteiger partial charge < -0.3 is 10.1 Å². The van der Waals surface area contributed by atoms with Crippen LogP contribution in [0.3, 0.4) is 0 Å². The summed E-state index contributed by atoms with van der Waals surface area (Å²) in [5, 5.41) is 3.19. The van der Waals surface area contributed by atoms with E-state index in [-0.39, 0.29) is 5.75 Å². The summed E-state index contributed by atoms with van der Waals surface area (Å²) in [5.41, 5.74) is 3.05. The SMILES string of the molecule is CCc1ccc(Nc2ccc(OC(F)F)cc2)cc1. The van der Waals surface area contributed by atoms with Crippen LogP contribution in [0.2, 0.25) is 0 Å². The van der Waals surface area contributed by atoms with E-state index in [0.29, 0.717) is 0 Å². The lowest BCUT2D eigenvalue weighted by Gasteiger charge is -2.09. The largest absolute Gasteiger partial charge is 0.435 e. The molecule has 0 saturated carbocycles. The Morgan fingerprint density at radius 3 is 1.95 bits per heavy atom. The lowest BCUT2D eigenvalue weighted by atomic mass is 10.1. The van der Waals surface area contributed by atoms with Gasteiger partial charge in [-0.05, 0) is 48.4 Å². The predicted octanol–water partition coefficient (Wildman–Crippen LogP) is 4.59. The molecule has 0 fully saturated rings. The fourth-order valence-corrected chi connectivity index (χ4v) is 1.71. The van der Waals surface area contributed by atoms with E-state index >= 15 is 0 Å². The smallest absolute Gasteiger partial charge is 0.387 e. The summed E-state index contributed by atoms with van der Waals surface area (Å²) in [6.07, 6.45) is 1.000. The van der Waals surface area contributed by atoms with Crippen LogP contribution in [-0.2, 0) is 6.42 Å². The third kappa shape index (κ3) is 3.95. The summed E-state index contributed by atoms with van der Waals surface area (Å²) in [4.78, 5) is 0. The van der Waals surface area contributed by atoms with Crippen LogP contribution in [0.15, 0.2) is 48.5 Å². The van der Waals surface area contributed by atoms with E-state index < -0.39 is 6.61 Å². The average molecular weight is 263 g/mol. The zero-order valence-electron chi connectivity index (χ0n) is 10.6. The maximum Gasteiger partial charge on any atom is 0.387 e. The normalized spacial score (nSPS) is 10.5. The quantitative estimate of drug-likeness (QED) is 0.851.